The first-order chi connectivity index (χ1) is 20.3. The fourth-order valence-corrected chi connectivity index (χ4v) is 6.68. The number of para-hydroxylation sites is 2. The maximum Gasteiger partial charge on any atom is 0.143 e. The van der Waals surface area contributed by atoms with Crippen molar-refractivity contribution in [3.8, 4) is 55.6 Å². The molecular weight excluding hydrogens is 498 g/mol. The normalized spacial score (nSPS) is 11.9. The molecule has 0 aliphatic heterocycles. The van der Waals surface area contributed by atoms with Crippen LogP contribution in [-0.4, -0.2) is 4.98 Å². The highest BCUT2D eigenvalue weighted by atomic mass is 16.3. The third-order valence-electron chi connectivity index (χ3n) is 8.50. The van der Waals surface area contributed by atoms with E-state index in [1.54, 1.807) is 0 Å². The van der Waals surface area contributed by atoms with Gasteiger partial charge in [-0.1, -0.05) is 115 Å². The summed E-state index contributed by atoms with van der Waals surface area (Å²) in [7, 11) is 0. The molecule has 6 aromatic carbocycles. The number of hydrogen-bond donors (Lipinski definition) is 0. The van der Waals surface area contributed by atoms with E-state index in [4.69, 9.17) is 9.40 Å². The van der Waals surface area contributed by atoms with Crippen molar-refractivity contribution >= 4 is 32.8 Å². The lowest BCUT2D eigenvalue weighted by Crippen LogP contribution is -1.99. The third kappa shape index (κ3) is 3.22. The van der Waals surface area contributed by atoms with Gasteiger partial charge in [0.15, 0.2) is 0 Å². The fourth-order valence-electron chi connectivity index (χ4n) is 6.68. The minimum absolute atomic E-state index is 0.913. The van der Waals surface area contributed by atoms with E-state index in [9.17, 15) is 0 Å². The van der Waals surface area contributed by atoms with E-state index in [0.717, 1.165) is 44.0 Å². The molecule has 0 saturated carbocycles. The molecule has 0 N–H and O–H groups in total. The lowest BCUT2D eigenvalue weighted by atomic mass is 9.79. The zero-order valence-corrected chi connectivity index (χ0v) is 22.1. The summed E-state index contributed by atoms with van der Waals surface area (Å²) in [6.45, 7) is 0. The first-order valence-corrected chi connectivity index (χ1v) is 14.0. The third-order valence-corrected chi connectivity index (χ3v) is 8.50. The molecule has 9 rings (SSSR count). The van der Waals surface area contributed by atoms with Gasteiger partial charge in [0, 0.05) is 33.5 Å². The zero-order chi connectivity index (χ0) is 26.9. The second kappa shape index (κ2) is 8.51. The van der Waals surface area contributed by atoms with Crippen LogP contribution in [0.25, 0.3) is 88.5 Å². The molecule has 41 heavy (non-hydrogen) atoms. The number of rotatable bonds is 1. The van der Waals surface area contributed by atoms with Crippen molar-refractivity contribution < 1.29 is 4.42 Å². The van der Waals surface area contributed by atoms with Gasteiger partial charge < -0.3 is 4.42 Å². The maximum atomic E-state index is 6.44. The molecule has 2 aromatic heterocycles. The van der Waals surface area contributed by atoms with Crippen LogP contribution in [-0.2, 0) is 0 Å². The van der Waals surface area contributed by atoms with Crippen molar-refractivity contribution in [3.63, 3.8) is 0 Å². The molecule has 0 radical (unpaired) electrons. The molecule has 0 spiro atoms. The molecule has 1 aliphatic carbocycles. The van der Waals surface area contributed by atoms with E-state index in [1.165, 1.54) is 44.5 Å². The Kier molecular flexibility index (Phi) is 4.64. The van der Waals surface area contributed by atoms with E-state index in [2.05, 4.69) is 115 Å². The minimum Gasteiger partial charge on any atom is -0.455 e. The van der Waals surface area contributed by atoms with Crippen LogP contribution >= 0.6 is 0 Å². The Labute approximate surface area is 237 Å². The monoisotopic (exact) mass is 521 g/mol. The lowest BCUT2D eigenvalue weighted by Gasteiger charge is -2.24. The molecule has 8 aromatic rings. The van der Waals surface area contributed by atoms with Crippen LogP contribution in [0.3, 0.4) is 0 Å². The van der Waals surface area contributed by atoms with Gasteiger partial charge in [0.05, 0.1) is 5.52 Å². The Hall–Kier alpha value is -5.47. The van der Waals surface area contributed by atoms with Crippen LogP contribution in [0, 0.1) is 0 Å². The first kappa shape index (κ1) is 22.4. The van der Waals surface area contributed by atoms with Gasteiger partial charge in [-0.25, -0.2) is 0 Å². The van der Waals surface area contributed by atoms with Crippen molar-refractivity contribution in [1.82, 2.24) is 4.98 Å². The van der Waals surface area contributed by atoms with Gasteiger partial charge >= 0.3 is 0 Å². The summed E-state index contributed by atoms with van der Waals surface area (Å²) in [6, 6.07) is 47.7. The lowest BCUT2D eigenvalue weighted by molar-refractivity contribution is 0.670. The summed E-state index contributed by atoms with van der Waals surface area (Å²) < 4.78 is 6.44. The molecule has 0 unspecified atom stereocenters. The largest absolute Gasteiger partial charge is 0.455 e. The highest BCUT2D eigenvalue weighted by molar-refractivity contribution is 6.12. The highest BCUT2D eigenvalue weighted by Crippen LogP contribution is 2.50. The van der Waals surface area contributed by atoms with E-state index >= 15 is 0 Å². The Bertz CT molecular complexity index is 2320. The van der Waals surface area contributed by atoms with Gasteiger partial charge in [-0.05, 0) is 62.7 Å². The molecule has 0 bridgehead atoms. The molecule has 1 aliphatic rings. The Morgan fingerprint density at radius 1 is 0.439 bits per heavy atom. The number of pyridine rings is 1. The average molecular weight is 522 g/mol. The van der Waals surface area contributed by atoms with E-state index in [-0.39, 0.29) is 0 Å². The van der Waals surface area contributed by atoms with Gasteiger partial charge in [-0.3, -0.25) is 4.98 Å². The molecular formula is C39H23NO. The van der Waals surface area contributed by atoms with E-state index < -0.39 is 0 Å². The summed E-state index contributed by atoms with van der Waals surface area (Å²) in [5.74, 6) is 0. The number of fused-ring (bicyclic) bond motifs is 13. The number of benzene rings is 6. The first-order valence-electron chi connectivity index (χ1n) is 14.0. The number of furan rings is 1. The molecule has 2 nitrogen and oxygen atoms in total. The Morgan fingerprint density at radius 3 is 1.98 bits per heavy atom. The van der Waals surface area contributed by atoms with Crippen molar-refractivity contribution in [2.45, 2.75) is 0 Å². The highest BCUT2D eigenvalue weighted by Gasteiger charge is 2.24. The van der Waals surface area contributed by atoms with Crippen molar-refractivity contribution in [3.05, 3.63) is 140 Å². The molecule has 0 atom stereocenters. The summed E-state index contributed by atoms with van der Waals surface area (Å²) in [5, 5.41) is 3.43. The summed E-state index contributed by atoms with van der Waals surface area (Å²) in [4.78, 5) is 4.90. The molecule has 0 amide bonds. The fraction of sp³-hybridized carbons (Fsp3) is 0. The predicted octanol–water partition coefficient (Wildman–Crippen LogP) is 10.8. The van der Waals surface area contributed by atoms with Crippen molar-refractivity contribution in [1.29, 1.82) is 0 Å². The van der Waals surface area contributed by atoms with Crippen LogP contribution in [0.15, 0.2) is 144 Å². The topological polar surface area (TPSA) is 26.0 Å². The van der Waals surface area contributed by atoms with E-state index in [1.807, 2.05) is 24.4 Å². The van der Waals surface area contributed by atoms with E-state index in [0.29, 0.717) is 0 Å². The van der Waals surface area contributed by atoms with Crippen LogP contribution in [0.1, 0.15) is 0 Å². The van der Waals surface area contributed by atoms with Crippen molar-refractivity contribution in [2.75, 3.05) is 0 Å². The van der Waals surface area contributed by atoms with Crippen LogP contribution < -0.4 is 0 Å². The average Bonchev–Trinajstić information content (AvgIpc) is 3.42. The SMILES string of the molecule is c1ccc2c(c1)-c1ccc(-c3cccc4c3oc3ccccc34)cc1-c1ccccc1-c1c-2ccc2cccnc12. The molecule has 2 heteroatoms. The van der Waals surface area contributed by atoms with Crippen molar-refractivity contribution in [2.24, 2.45) is 0 Å². The van der Waals surface area contributed by atoms with Gasteiger partial charge in [-0.2, -0.15) is 0 Å². The zero-order valence-electron chi connectivity index (χ0n) is 22.1. The van der Waals surface area contributed by atoms with Gasteiger partial charge in [-0.15, -0.1) is 0 Å². The smallest absolute Gasteiger partial charge is 0.143 e. The molecule has 0 fully saturated rings. The predicted molar refractivity (Wildman–Crippen MR) is 170 cm³/mol. The summed E-state index contributed by atoms with van der Waals surface area (Å²) in [6.07, 6.45) is 1.90. The van der Waals surface area contributed by atoms with Crippen LogP contribution in [0.2, 0.25) is 0 Å². The molecule has 2 heterocycles. The summed E-state index contributed by atoms with van der Waals surface area (Å²) >= 11 is 0. The Morgan fingerprint density at radius 2 is 1.10 bits per heavy atom. The quantitative estimate of drug-likeness (QED) is 0.215. The number of nitrogens with zero attached hydrogens (tertiary/aromatic N) is 1. The van der Waals surface area contributed by atoms with Crippen LogP contribution in [0.4, 0.5) is 0 Å². The van der Waals surface area contributed by atoms with Gasteiger partial charge in [0.2, 0.25) is 0 Å². The molecule has 0 saturated heterocycles. The van der Waals surface area contributed by atoms with Gasteiger partial charge in [0.1, 0.15) is 11.2 Å². The Balaban J connectivity index is 1.38. The number of hydrogen-bond acceptors (Lipinski definition) is 2. The standard InChI is InChI=1S/C39H23NO/c1-2-11-28-27(10-1)30-20-19-25(26-15-7-16-34-31-13-5-6-17-36(31)41-39(26)34)23-35(30)29-12-3-4-14-32(29)37-33(28)21-18-24-9-8-22-40-38(24)37/h1-23H. The second-order valence-electron chi connectivity index (χ2n) is 10.7. The van der Waals surface area contributed by atoms with Crippen LogP contribution in [0.5, 0.6) is 0 Å². The van der Waals surface area contributed by atoms with Gasteiger partial charge in [0.25, 0.3) is 0 Å². The number of aromatic nitrogens is 1. The summed E-state index contributed by atoms with van der Waals surface area (Å²) in [5.41, 5.74) is 14.8. The molecule has 190 valence electrons. The maximum absolute atomic E-state index is 6.44. The second-order valence-corrected chi connectivity index (χ2v) is 10.7. The minimum atomic E-state index is 0.913.